The monoisotopic (exact) mass is 353 g/mol. The molecule has 5 heteroatoms. The number of thioether (sulfide) groups is 1. The summed E-state index contributed by atoms with van der Waals surface area (Å²) < 4.78 is 5.17. The molecular formula is C20H19NO3S. The number of benzene rings is 2. The maximum atomic E-state index is 12.7. The number of likely N-dealkylation sites (N-methyl/N-ethyl adjacent to an activating group) is 1. The summed E-state index contributed by atoms with van der Waals surface area (Å²) in [4.78, 5) is 27.2. The fourth-order valence-corrected chi connectivity index (χ4v) is 3.80. The number of imide groups is 1. The minimum absolute atomic E-state index is 0.209. The summed E-state index contributed by atoms with van der Waals surface area (Å²) in [6.45, 7) is 2.18. The molecule has 4 nitrogen and oxygen atoms in total. The van der Waals surface area contributed by atoms with E-state index >= 15 is 0 Å². The highest BCUT2D eigenvalue weighted by Gasteiger charge is 2.38. The fourth-order valence-electron chi connectivity index (χ4n) is 2.72. The van der Waals surface area contributed by atoms with Crippen molar-refractivity contribution in [2.24, 2.45) is 0 Å². The van der Waals surface area contributed by atoms with Crippen molar-refractivity contribution in [1.29, 1.82) is 0 Å². The molecule has 0 N–H and O–H groups in total. The summed E-state index contributed by atoms with van der Waals surface area (Å²) >= 11 is 1.42. The summed E-state index contributed by atoms with van der Waals surface area (Å²) in [6.07, 6.45) is 0. The first-order valence-corrected chi connectivity index (χ1v) is 9.06. The van der Waals surface area contributed by atoms with Gasteiger partial charge in [0.1, 0.15) is 5.75 Å². The Hall–Kier alpha value is -2.53. The molecule has 1 aliphatic heterocycles. The molecule has 1 aliphatic rings. The van der Waals surface area contributed by atoms with E-state index in [1.165, 1.54) is 16.7 Å². The normalized spacial score (nSPS) is 14.4. The van der Waals surface area contributed by atoms with E-state index in [4.69, 9.17) is 4.74 Å². The number of carbonyl (C=O) groups is 2. The van der Waals surface area contributed by atoms with Crippen molar-refractivity contribution in [3.8, 4) is 5.75 Å². The van der Waals surface area contributed by atoms with Gasteiger partial charge in [-0.3, -0.25) is 14.5 Å². The lowest BCUT2D eigenvalue weighted by molar-refractivity contribution is -0.136. The van der Waals surface area contributed by atoms with Crippen LogP contribution in [0.1, 0.15) is 18.1 Å². The number of rotatable bonds is 6. The molecular weight excluding hydrogens is 334 g/mol. The Morgan fingerprint density at radius 1 is 0.960 bits per heavy atom. The van der Waals surface area contributed by atoms with Gasteiger partial charge in [-0.05, 0) is 30.2 Å². The van der Waals surface area contributed by atoms with Gasteiger partial charge in [-0.1, -0.05) is 42.5 Å². The zero-order chi connectivity index (χ0) is 17.8. The largest absolute Gasteiger partial charge is 0.497 e. The minimum atomic E-state index is -0.228. The Morgan fingerprint density at radius 2 is 1.64 bits per heavy atom. The van der Waals surface area contributed by atoms with Crippen LogP contribution in [0.4, 0.5) is 0 Å². The molecule has 25 heavy (non-hydrogen) atoms. The van der Waals surface area contributed by atoms with E-state index in [9.17, 15) is 9.59 Å². The smallest absolute Gasteiger partial charge is 0.267 e. The van der Waals surface area contributed by atoms with Crippen LogP contribution in [0.3, 0.4) is 0 Å². The average Bonchev–Trinajstić information content (AvgIpc) is 2.90. The van der Waals surface area contributed by atoms with Gasteiger partial charge in [0.05, 0.1) is 17.6 Å². The first kappa shape index (κ1) is 17.3. The quantitative estimate of drug-likeness (QED) is 0.743. The first-order valence-electron chi connectivity index (χ1n) is 8.07. The van der Waals surface area contributed by atoms with Crippen molar-refractivity contribution >= 4 is 29.1 Å². The van der Waals surface area contributed by atoms with E-state index in [2.05, 4.69) is 0 Å². The van der Waals surface area contributed by atoms with Gasteiger partial charge in [0, 0.05) is 12.3 Å². The van der Waals surface area contributed by atoms with E-state index in [-0.39, 0.29) is 11.8 Å². The molecule has 0 unspecified atom stereocenters. The van der Waals surface area contributed by atoms with Crippen LogP contribution in [0.5, 0.6) is 5.75 Å². The standard InChI is InChI=1S/C20H19NO3S/c1-3-21-19(22)17(15-9-11-16(24-2)12-10-15)18(20(21)23)25-13-14-7-5-4-6-8-14/h4-12H,3,13H2,1-2H3. The van der Waals surface area contributed by atoms with Crippen LogP contribution in [0.25, 0.3) is 5.57 Å². The van der Waals surface area contributed by atoms with Crippen molar-refractivity contribution in [2.45, 2.75) is 12.7 Å². The summed E-state index contributed by atoms with van der Waals surface area (Å²) in [5, 5.41) is 0. The number of ether oxygens (including phenoxy) is 1. The lowest BCUT2D eigenvalue weighted by atomic mass is 10.1. The van der Waals surface area contributed by atoms with E-state index in [0.717, 1.165) is 11.1 Å². The number of carbonyl (C=O) groups excluding carboxylic acids is 2. The molecule has 0 fully saturated rings. The third-order valence-corrected chi connectivity index (χ3v) is 5.19. The van der Waals surface area contributed by atoms with Gasteiger partial charge in [0.2, 0.25) is 0 Å². The highest BCUT2D eigenvalue weighted by atomic mass is 32.2. The van der Waals surface area contributed by atoms with Crippen LogP contribution in [0.2, 0.25) is 0 Å². The van der Waals surface area contributed by atoms with Gasteiger partial charge in [0.15, 0.2) is 0 Å². The van der Waals surface area contributed by atoms with Crippen molar-refractivity contribution in [2.75, 3.05) is 13.7 Å². The van der Waals surface area contributed by atoms with Gasteiger partial charge in [-0.15, -0.1) is 11.8 Å². The Kier molecular flexibility index (Phi) is 5.24. The minimum Gasteiger partial charge on any atom is -0.497 e. The maximum absolute atomic E-state index is 12.7. The van der Waals surface area contributed by atoms with Crippen LogP contribution in [-0.2, 0) is 15.3 Å². The van der Waals surface area contributed by atoms with E-state index in [0.29, 0.717) is 28.5 Å². The Morgan fingerprint density at radius 3 is 2.24 bits per heavy atom. The molecule has 0 aliphatic carbocycles. The van der Waals surface area contributed by atoms with Crippen LogP contribution in [0, 0.1) is 0 Å². The van der Waals surface area contributed by atoms with Gasteiger partial charge in [-0.25, -0.2) is 0 Å². The predicted molar refractivity (Wildman–Crippen MR) is 100 cm³/mol. The topological polar surface area (TPSA) is 46.6 Å². The van der Waals surface area contributed by atoms with Crippen LogP contribution < -0.4 is 4.74 Å². The van der Waals surface area contributed by atoms with Crippen molar-refractivity contribution < 1.29 is 14.3 Å². The Bertz CT molecular complexity index is 813. The fraction of sp³-hybridized carbons (Fsp3) is 0.200. The maximum Gasteiger partial charge on any atom is 0.267 e. The third-order valence-electron chi connectivity index (χ3n) is 4.05. The van der Waals surface area contributed by atoms with E-state index < -0.39 is 0 Å². The van der Waals surface area contributed by atoms with Gasteiger partial charge < -0.3 is 4.74 Å². The molecule has 2 amide bonds. The number of amides is 2. The third kappa shape index (κ3) is 3.46. The summed E-state index contributed by atoms with van der Waals surface area (Å²) in [5.41, 5.74) is 2.34. The number of hydrogen-bond acceptors (Lipinski definition) is 4. The zero-order valence-electron chi connectivity index (χ0n) is 14.2. The van der Waals surface area contributed by atoms with Crippen LogP contribution >= 0.6 is 11.8 Å². The van der Waals surface area contributed by atoms with Crippen LogP contribution in [-0.4, -0.2) is 30.4 Å². The van der Waals surface area contributed by atoms with Crippen LogP contribution in [0.15, 0.2) is 59.5 Å². The molecule has 0 bridgehead atoms. The molecule has 0 radical (unpaired) electrons. The molecule has 0 saturated carbocycles. The zero-order valence-corrected chi connectivity index (χ0v) is 15.0. The predicted octanol–water partition coefficient (Wildman–Crippen LogP) is 3.73. The second kappa shape index (κ2) is 7.57. The molecule has 0 aromatic heterocycles. The van der Waals surface area contributed by atoms with E-state index in [1.54, 1.807) is 19.2 Å². The van der Waals surface area contributed by atoms with E-state index in [1.807, 2.05) is 49.4 Å². The van der Waals surface area contributed by atoms with Crippen molar-refractivity contribution in [3.63, 3.8) is 0 Å². The number of hydrogen-bond donors (Lipinski definition) is 0. The lowest BCUT2D eigenvalue weighted by Crippen LogP contribution is -2.31. The molecule has 1 heterocycles. The molecule has 128 valence electrons. The summed E-state index contributed by atoms with van der Waals surface area (Å²) in [5.74, 6) is 0.922. The second-order valence-electron chi connectivity index (χ2n) is 5.56. The highest BCUT2D eigenvalue weighted by Crippen LogP contribution is 2.37. The lowest BCUT2D eigenvalue weighted by Gasteiger charge is -2.11. The van der Waals surface area contributed by atoms with Crippen molar-refractivity contribution in [3.05, 3.63) is 70.6 Å². The molecule has 0 spiro atoms. The average molecular weight is 353 g/mol. The molecule has 3 rings (SSSR count). The molecule has 2 aromatic rings. The highest BCUT2D eigenvalue weighted by molar-refractivity contribution is 8.03. The molecule has 0 atom stereocenters. The SMILES string of the molecule is CCN1C(=O)C(SCc2ccccc2)=C(c2ccc(OC)cc2)C1=O. The van der Waals surface area contributed by atoms with Crippen molar-refractivity contribution in [1.82, 2.24) is 4.90 Å². The number of nitrogens with zero attached hydrogens (tertiary/aromatic N) is 1. The second-order valence-corrected chi connectivity index (χ2v) is 6.55. The first-order chi connectivity index (χ1) is 12.2. The van der Waals surface area contributed by atoms with Gasteiger partial charge >= 0.3 is 0 Å². The Balaban J connectivity index is 1.95. The number of methoxy groups -OCH3 is 1. The van der Waals surface area contributed by atoms with Gasteiger partial charge in [0.25, 0.3) is 11.8 Å². The van der Waals surface area contributed by atoms with Gasteiger partial charge in [-0.2, -0.15) is 0 Å². The Labute approximate surface area is 151 Å². The summed E-state index contributed by atoms with van der Waals surface area (Å²) in [7, 11) is 1.60. The molecule has 2 aromatic carbocycles. The molecule has 0 saturated heterocycles. The summed E-state index contributed by atoms with van der Waals surface area (Å²) in [6, 6.07) is 17.2.